The fourth-order valence-electron chi connectivity index (χ4n) is 3.89. The summed E-state index contributed by atoms with van der Waals surface area (Å²) in [6, 6.07) is 2.62. The highest BCUT2D eigenvalue weighted by molar-refractivity contribution is 5.83. The van der Waals surface area contributed by atoms with Gasteiger partial charge < -0.3 is 5.73 Å². The van der Waals surface area contributed by atoms with Gasteiger partial charge in [-0.05, 0) is 31.7 Å². The number of rotatable bonds is 4. The number of hydrogen-bond acceptors (Lipinski definition) is 3. The number of carbonyl (C=O) groups is 1. The molecule has 0 saturated heterocycles. The van der Waals surface area contributed by atoms with Gasteiger partial charge in [0.25, 0.3) is 0 Å². The summed E-state index contributed by atoms with van der Waals surface area (Å²) < 4.78 is 2.09. The van der Waals surface area contributed by atoms with Crippen molar-refractivity contribution in [1.82, 2.24) is 9.78 Å². The minimum absolute atomic E-state index is 0.0542. The molecule has 0 spiro atoms. The minimum Gasteiger partial charge on any atom is -0.327 e. The van der Waals surface area contributed by atoms with E-state index < -0.39 is 0 Å². The Labute approximate surface area is 127 Å². The van der Waals surface area contributed by atoms with Crippen LogP contribution in [-0.4, -0.2) is 21.6 Å². The fourth-order valence-corrected chi connectivity index (χ4v) is 3.89. The standard InChI is InChI=1S/C17H27N3O/c18-16-9-5-4-8-15(16)17(21)12-13-10-11-20(19-13)14-6-2-1-3-7-14/h10-11,14-16H,1-9,12,18H2. The Balaban J connectivity index is 1.59. The van der Waals surface area contributed by atoms with Gasteiger partial charge in [0.2, 0.25) is 0 Å². The van der Waals surface area contributed by atoms with E-state index >= 15 is 0 Å². The van der Waals surface area contributed by atoms with Crippen molar-refractivity contribution in [1.29, 1.82) is 0 Å². The van der Waals surface area contributed by atoms with E-state index in [0.29, 0.717) is 12.5 Å². The van der Waals surface area contributed by atoms with Crippen LogP contribution >= 0.6 is 0 Å². The predicted molar refractivity (Wildman–Crippen MR) is 83.0 cm³/mol. The van der Waals surface area contributed by atoms with E-state index in [0.717, 1.165) is 25.0 Å². The SMILES string of the molecule is NC1CCCCC1C(=O)Cc1ccn(C2CCCCC2)n1. The molecule has 0 aromatic carbocycles. The first-order chi connectivity index (χ1) is 10.2. The molecule has 116 valence electrons. The Hall–Kier alpha value is -1.16. The van der Waals surface area contributed by atoms with Crippen molar-refractivity contribution in [2.75, 3.05) is 0 Å². The average molecular weight is 289 g/mol. The molecule has 2 aliphatic carbocycles. The summed E-state index contributed by atoms with van der Waals surface area (Å²) in [5.74, 6) is 0.342. The van der Waals surface area contributed by atoms with E-state index in [2.05, 4.69) is 16.0 Å². The molecule has 1 aromatic heterocycles. The largest absolute Gasteiger partial charge is 0.327 e. The van der Waals surface area contributed by atoms with Crippen LogP contribution < -0.4 is 5.73 Å². The Kier molecular flexibility index (Phi) is 4.73. The van der Waals surface area contributed by atoms with E-state index in [-0.39, 0.29) is 17.7 Å². The van der Waals surface area contributed by atoms with Gasteiger partial charge in [0.15, 0.2) is 0 Å². The monoisotopic (exact) mass is 289 g/mol. The van der Waals surface area contributed by atoms with Gasteiger partial charge in [-0.3, -0.25) is 9.48 Å². The number of ketones is 1. The first kappa shape index (κ1) is 14.8. The second kappa shape index (κ2) is 6.73. The van der Waals surface area contributed by atoms with Crippen LogP contribution in [0.2, 0.25) is 0 Å². The zero-order valence-electron chi connectivity index (χ0n) is 12.8. The number of carbonyl (C=O) groups excluding carboxylic acids is 1. The molecule has 21 heavy (non-hydrogen) atoms. The molecule has 0 aliphatic heterocycles. The van der Waals surface area contributed by atoms with Crippen molar-refractivity contribution in [2.45, 2.75) is 76.3 Å². The maximum Gasteiger partial charge on any atom is 0.143 e. The zero-order valence-corrected chi connectivity index (χ0v) is 12.8. The van der Waals surface area contributed by atoms with Gasteiger partial charge in [0, 0.05) is 18.2 Å². The van der Waals surface area contributed by atoms with Gasteiger partial charge in [0.1, 0.15) is 5.78 Å². The van der Waals surface area contributed by atoms with Crippen LogP contribution in [0, 0.1) is 5.92 Å². The molecule has 2 saturated carbocycles. The van der Waals surface area contributed by atoms with Gasteiger partial charge >= 0.3 is 0 Å². The second-order valence-corrected chi connectivity index (χ2v) is 6.78. The topological polar surface area (TPSA) is 60.9 Å². The Morgan fingerprint density at radius 3 is 2.62 bits per heavy atom. The fraction of sp³-hybridized carbons (Fsp3) is 0.765. The summed E-state index contributed by atoms with van der Waals surface area (Å²) in [6.45, 7) is 0. The van der Waals surface area contributed by atoms with Crippen LogP contribution in [0.3, 0.4) is 0 Å². The number of aromatic nitrogens is 2. The average Bonchev–Trinajstić information content (AvgIpc) is 2.97. The molecule has 3 rings (SSSR count). The maximum absolute atomic E-state index is 12.4. The second-order valence-electron chi connectivity index (χ2n) is 6.78. The Morgan fingerprint density at radius 1 is 1.14 bits per heavy atom. The molecule has 1 heterocycles. The van der Waals surface area contributed by atoms with Crippen LogP contribution in [0.25, 0.3) is 0 Å². The summed E-state index contributed by atoms with van der Waals surface area (Å²) in [4.78, 5) is 12.4. The molecule has 2 N–H and O–H groups in total. The van der Waals surface area contributed by atoms with Gasteiger partial charge in [-0.1, -0.05) is 32.1 Å². The van der Waals surface area contributed by atoms with Crippen molar-refractivity contribution in [3.8, 4) is 0 Å². The zero-order chi connectivity index (χ0) is 14.7. The van der Waals surface area contributed by atoms with E-state index in [1.807, 2.05) is 6.07 Å². The molecular weight excluding hydrogens is 262 g/mol. The molecule has 1 aromatic rings. The van der Waals surface area contributed by atoms with Gasteiger partial charge in [-0.2, -0.15) is 5.10 Å². The quantitative estimate of drug-likeness (QED) is 0.926. The third-order valence-corrected chi connectivity index (χ3v) is 5.20. The van der Waals surface area contributed by atoms with Crippen LogP contribution in [-0.2, 0) is 11.2 Å². The summed E-state index contributed by atoms with van der Waals surface area (Å²) in [5.41, 5.74) is 7.03. The van der Waals surface area contributed by atoms with Crippen molar-refractivity contribution in [3.05, 3.63) is 18.0 Å². The third-order valence-electron chi connectivity index (χ3n) is 5.20. The first-order valence-corrected chi connectivity index (χ1v) is 8.56. The van der Waals surface area contributed by atoms with Crippen LogP contribution in [0.4, 0.5) is 0 Å². The molecule has 2 unspecified atom stereocenters. The van der Waals surface area contributed by atoms with Gasteiger partial charge in [-0.25, -0.2) is 0 Å². The lowest BCUT2D eigenvalue weighted by molar-refractivity contribution is -0.123. The molecular formula is C17H27N3O. The van der Waals surface area contributed by atoms with Gasteiger partial charge in [0.05, 0.1) is 18.2 Å². The normalized spacial score (nSPS) is 27.7. The smallest absolute Gasteiger partial charge is 0.143 e. The number of nitrogens with two attached hydrogens (primary N) is 1. The van der Waals surface area contributed by atoms with Crippen molar-refractivity contribution >= 4 is 5.78 Å². The minimum atomic E-state index is 0.0542. The molecule has 0 amide bonds. The summed E-state index contributed by atoms with van der Waals surface area (Å²) >= 11 is 0. The van der Waals surface area contributed by atoms with Crippen molar-refractivity contribution < 1.29 is 4.79 Å². The van der Waals surface area contributed by atoms with Crippen molar-refractivity contribution in [2.24, 2.45) is 11.7 Å². The van der Waals surface area contributed by atoms with E-state index in [9.17, 15) is 4.79 Å². The Bertz CT molecular complexity index is 476. The van der Waals surface area contributed by atoms with Crippen LogP contribution in [0.5, 0.6) is 0 Å². The van der Waals surface area contributed by atoms with Crippen LogP contribution in [0.1, 0.15) is 69.5 Å². The summed E-state index contributed by atoms with van der Waals surface area (Å²) in [6.07, 6.45) is 13.2. The van der Waals surface area contributed by atoms with Crippen molar-refractivity contribution in [3.63, 3.8) is 0 Å². The van der Waals surface area contributed by atoms with Crippen LogP contribution in [0.15, 0.2) is 12.3 Å². The molecule has 0 radical (unpaired) electrons. The Morgan fingerprint density at radius 2 is 1.86 bits per heavy atom. The lowest BCUT2D eigenvalue weighted by Gasteiger charge is -2.27. The van der Waals surface area contributed by atoms with Gasteiger partial charge in [-0.15, -0.1) is 0 Å². The molecule has 2 aliphatic rings. The number of nitrogens with zero attached hydrogens (tertiary/aromatic N) is 2. The van der Waals surface area contributed by atoms with E-state index in [1.165, 1.54) is 38.5 Å². The molecule has 4 heteroatoms. The molecule has 2 fully saturated rings. The molecule has 0 bridgehead atoms. The summed E-state index contributed by atoms with van der Waals surface area (Å²) in [7, 11) is 0. The highest BCUT2D eigenvalue weighted by Gasteiger charge is 2.28. The molecule has 2 atom stereocenters. The lowest BCUT2D eigenvalue weighted by Crippen LogP contribution is -2.38. The number of Topliss-reactive ketones (excluding diaryl/α,β-unsaturated/α-hetero) is 1. The highest BCUT2D eigenvalue weighted by atomic mass is 16.1. The predicted octanol–water partition coefficient (Wildman–Crippen LogP) is 3.02. The molecule has 4 nitrogen and oxygen atoms in total. The highest BCUT2D eigenvalue weighted by Crippen LogP contribution is 2.28. The summed E-state index contributed by atoms with van der Waals surface area (Å²) in [5, 5.41) is 4.65. The third kappa shape index (κ3) is 3.54. The number of hydrogen-bond donors (Lipinski definition) is 1. The van der Waals surface area contributed by atoms with E-state index in [4.69, 9.17) is 5.73 Å². The van der Waals surface area contributed by atoms with E-state index in [1.54, 1.807) is 0 Å². The lowest BCUT2D eigenvalue weighted by atomic mass is 9.81. The maximum atomic E-state index is 12.4. The first-order valence-electron chi connectivity index (χ1n) is 8.56.